The van der Waals surface area contributed by atoms with Crippen molar-refractivity contribution in [3.8, 4) is 11.1 Å². The molecular weight excluding hydrogens is 984 g/mol. The van der Waals surface area contributed by atoms with E-state index in [-0.39, 0.29) is 47.7 Å². The van der Waals surface area contributed by atoms with Crippen LogP contribution in [0.15, 0.2) is 132 Å². The maximum absolute atomic E-state index is 13.8. The van der Waals surface area contributed by atoms with Crippen molar-refractivity contribution in [1.29, 1.82) is 0 Å². The fourth-order valence-corrected chi connectivity index (χ4v) is 11.1. The van der Waals surface area contributed by atoms with Crippen molar-refractivity contribution in [2.75, 3.05) is 32.7 Å². The number of fused-ring (bicyclic) bond motifs is 4. The highest BCUT2D eigenvalue weighted by molar-refractivity contribution is 9.10. The average molecular weight is 1040 g/mol. The van der Waals surface area contributed by atoms with Gasteiger partial charge in [-0.25, -0.2) is 0 Å². The summed E-state index contributed by atoms with van der Waals surface area (Å²) in [7, 11) is 0. The molecule has 10 rings (SSSR count). The number of pyridine rings is 1. The normalized spacial score (nSPS) is 14.8. The van der Waals surface area contributed by atoms with Gasteiger partial charge in [-0.1, -0.05) is 87.5 Å². The minimum Gasteiger partial charge on any atom is -0.339 e. The summed E-state index contributed by atoms with van der Waals surface area (Å²) >= 11 is 7.20. The lowest BCUT2D eigenvalue weighted by atomic mass is 9.94. The molecule has 13 heteroatoms. The van der Waals surface area contributed by atoms with Crippen LogP contribution in [0.3, 0.4) is 0 Å². The van der Waals surface area contributed by atoms with Gasteiger partial charge in [0, 0.05) is 119 Å². The van der Waals surface area contributed by atoms with Crippen LogP contribution in [0.1, 0.15) is 45.6 Å². The third kappa shape index (κ3) is 9.38. The van der Waals surface area contributed by atoms with Crippen LogP contribution in [0, 0.1) is 25.7 Å². The van der Waals surface area contributed by atoms with E-state index in [1.807, 2.05) is 46.9 Å². The van der Waals surface area contributed by atoms with Gasteiger partial charge < -0.3 is 23.8 Å². The average Bonchev–Trinajstić information content (AvgIpc) is 3.80. The van der Waals surface area contributed by atoms with Crippen molar-refractivity contribution in [2.24, 2.45) is 11.8 Å². The van der Waals surface area contributed by atoms with Gasteiger partial charge in [0.15, 0.2) is 11.6 Å². The topological polar surface area (TPSA) is 118 Å². The minimum atomic E-state index is -0.0914. The first-order valence-corrected chi connectivity index (χ1v) is 24.5. The van der Waals surface area contributed by atoms with Gasteiger partial charge in [0.1, 0.15) is 0 Å². The largest absolute Gasteiger partial charge is 0.339 e. The van der Waals surface area contributed by atoms with Crippen molar-refractivity contribution in [3.63, 3.8) is 0 Å². The molecule has 0 spiro atoms. The Hall–Kier alpha value is -6.44. The molecule has 0 N–H and O–H groups in total. The first-order chi connectivity index (χ1) is 32.8. The van der Waals surface area contributed by atoms with Crippen molar-refractivity contribution >= 4 is 93.7 Å². The zero-order valence-corrected chi connectivity index (χ0v) is 41.4. The van der Waals surface area contributed by atoms with Gasteiger partial charge in [-0.15, -0.1) is 0 Å². The SMILES string of the molecule is C=CC(=O)N1CC(CC(=O)Cn2c(C)c(C(=O)N3CCc4cnccc4C3)c3cc(Br)ccc32)C1.C=CC(=O)N1CC(CC(=O)Cn2cc(-c3cccc4ccccc34)c3cc(Br)cc(C)c32)C1. The maximum Gasteiger partial charge on any atom is 0.256 e. The van der Waals surface area contributed by atoms with E-state index in [0.717, 1.165) is 59.6 Å². The smallest absolute Gasteiger partial charge is 0.256 e. The summed E-state index contributed by atoms with van der Waals surface area (Å²) in [6.07, 6.45) is 10.1. The summed E-state index contributed by atoms with van der Waals surface area (Å²) in [5, 5.41) is 4.38. The maximum atomic E-state index is 13.8. The zero-order valence-electron chi connectivity index (χ0n) is 38.2. The lowest BCUT2D eigenvalue weighted by Gasteiger charge is -2.38. The number of halogens is 2. The number of likely N-dealkylation sites (tertiary alicyclic amines) is 2. The number of aryl methyl sites for hydroxylation is 1. The molecule has 0 saturated carbocycles. The summed E-state index contributed by atoms with van der Waals surface area (Å²) in [5.74, 6) is 0.526. The molecule has 68 heavy (non-hydrogen) atoms. The summed E-state index contributed by atoms with van der Waals surface area (Å²) in [6, 6.07) is 26.8. The van der Waals surface area contributed by atoms with Gasteiger partial charge >= 0.3 is 0 Å². The Morgan fingerprint density at radius 2 is 1.37 bits per heavy atom. The molecule has 3 aliphatic rings. The number of ketones is 2. The number of amides is 3. The highest BCUT2D eigenvalue weighted by Gasteiger charge is 2.33. The van der Waals surface area contributed by atoms with Crippen LogP contribution in [0.25, 0.3) is 43.7 Å². The van der Waals surface area contributed by atoms with Crippen molar-refractivity contribution in [3.05, 3.63) is 160 Å². The van der Waals surface area contributed by atoms with E-state index >= 15 is 0 Å². The van der Waals surface area contributed by atoms with Crippen LogP contribution in [0.2, 0.25) is 0 Å². The van der Waals surface area contributed by atoms with Gasteiger partial charge in [0.2, 0.25) is 11.8 Å². The molecule has 0 aliphatic carbocycles. The molecule has 2 saturated heterocycles. The molecule has 0 atom stereocenters. The highest BCUT2D eigenvalue weighted by atomic mass is 79.9. The fraction of sp³-hybridized carbons (Fsp3) is 0.273. The quantitative estimate of drug-likeness (QED) is 0.113. The molecule has 0 unspecified atom stereocenters. The zero-order chi connectivity index (χ0) is 47.8. The lowest BCUT2D eigenvalue weighted by molar-refractivity contribution is -0.134. The van der Waals surface area contributed by atoms with Crippen LogP contribution in [0.4, 0.5) is 0 Å². The third-order valence-electron chi connectivity index (χ3n) is 13.6. The number of hydrogen-bond acceptors (Lipinski definition) is 6. The van der Waals surface area contributed by atoms with E-state index in [4.69, 9.17) is 0 Å². The Labute approximate surface area is 412 Å². The number of carbonyl (C=O) groups excluding carboxylic acids is 5. The van der Waals surface area contributed by atoms with Gasteiger partial charge in [0.25, 0.3) is 5.91 Å². The van der Waals surface area contributed by atoms with E-state index in [9.17, 15) is 24.0 Å². The van der Waals surface area contributed by atoms with Crippen LogP contribution in [-0.4, -0.2) is 90.8 Å². The number of aromatic nitrogens is 3. The molecular formula is C55H52Br2N6O5. The Kier molecular flexibility index (Phi) is 13.5. The van der Waals surface area contributed by atoms with Gasteiger partial charge in [-0.2, -0.15) is 0 Å². The number of benzene rings is 4. The summed E-state index contributed by atoms with van der Waals surface area (Å²) in [5.41, 5.74) is 9.16. The van der Waals surface area contributed by atoms with Crippen LogP contribution in [0.5, 0.6) is 0 Å². The number of Topliss-reactive ketones (excluding diaryl/α,β-unsaturated/α-hetero) is 2. The fourth-order valence-electron chi connectivity index (χ4n) is 10.2. The second-order valence-electron chi connectivity index (χ2n) is 18.3. The summed E-state index contributed by atoms with van der Waals surface area (Å²) in [4.78, 5) is 72.6. The Balaban J connectivity index is 0.000000170. The van der Waals surface area contributed by atoms with Gasteiger partial charge in [-0.3, -0.25) is 29.0 Å². The van der Waals surface area contributed by atoms with E-state index in [0.29, 0.717) is 64.2 Å². The molecule has 11 nitrogen and oxygen atoms in total. The molecule has 346 valence electrons. The molecule has 2 fully saturated rings. The Morgan fingerprint density at radius 1 is 0.706 bits per heavy atom. The van der Waals surface area contributed by atoms with E-state index in [1.54, 1.807) is 16.0 Å². The molecule has 0 radical (unpaired) electrons. The third-order valence-corrected chi connectivity index (χ3v) is 14.6. The predicted molar refractivity (Wildman–Crippen MR) is 274 cm³/mol. The second-order valence-corrected chi connectivity index (χ2v) is 20.1. The number of carbonyl (C=O) groups is 5. The summed E-state index contributed by atoms with van der Waals surface area (Å²) in [6.45, 7) is 15.2. The van der Waals surface area contributed by atoms with Crippen LogP contribution >= 0.6 is 31.9 Å². The van der Waals surface area contributed by atoms with E-state index in [1.165, 1.54) is 34.1 Å². The molecule has 6 heterocycles. The summed E-state index contributed by atoms with van der Waals surface area (Å²) < 4.78 is 5.98. The molecule has 3 aromatic heterocycles. The first-order valence-electron chi connectivity index (χ1n) is 22.9. The van der Waals surface area contributed by atoms with Gasteiger partial charge in [-0.05, 0) is 102 Å². The number of nitrogens with zero attached hydrogens (tertiary/aromatic N) is 6. The monoisotopic (exact) mass is 1030 g/mol. The van der Waals surface area contributed by atoms with Crippen molar-refractivity contribution < 1.29 is 24.0 Å². The van der Waals surface area contributed by atoms with Gasteiger partial charge in [0.05, 0.1) is 24.2 Å². The van der Waals surface area contributed by atoms with Crippen molar-refractivity contribution in [1.82, 2.24) is 28.8 Å². The predicted octanol–water partition coefficient (Wildman–Crippen LogP) is 10.0. The highest BCUT2D eigenvalue weighted by Crippen LogP contribution is 2.38. The van der Waals surface area contributed by atoms with Crippen LogP contribution < -0.4 is 0 Å². The molecule has 3 aliphatic heterocycles. The standard InChI is InChI=1S/C28H25BrN2O2.C27H27BrN4O3/c1-3-27(33)30-14-19(15-30)12-22(32)16-31-17-26(25-13-21(29)11-18(2)28(25)31)24-10-6-8-20-7-4-5-9-23(20)24;1-3-25(34)31-13-18(14-31)10-22(33)16-32-17(2)26(23-11-21(28)4-5-24(23)32)27(35)30-9-7-19-12-29-8-6-20(19)15-30/h3-11,13,17,19H,1,12,14-16H2,2H3;3-6,8,11-12,18H,1,7,9-10,13-16H2,2H3. The number of hydrogen-bond donors (Lipinski definition) is 0. The molecule has 3 amide bonds. The number of rotatable bonds is 12. The minimum absolute atomic E-state index is 0.0168. The Bertz CT molecular complexity index is 3190. The first kappa shape index (κ1) is 46.7. The van der Waals surface area contributed by atoms with Crippen molar-refractivity contribution in [2.45, 2.75) is 52.7 Å². The lowest BCUT2D eigenvalue weighted by Crippen LogP contribution is -2.50. The van der Waals surface area contributed by atoms with E-state index in [2.05, 4.69) is 122 Å². The Morgan fingerprint density at radius 3 is 2.07 bits per heavy atom. The van der Waals surface area contributed by atoms with Crippen LogP contribution in [-0.2, 0) is 45.2 Å². The molecule has 7 aromatic rings. The van der Waals surface area contributed by atoms with E-state index < -0.39 is 0 Å². The molecule has 0 bridgehead atoms. The molecule has 4 aromatic carbocycles. The second kappa shape index (κ2) is 19.7.